The summed E-state index contributed by atoms with van der Waals surface area (Å²) < 4.78 is 31.0. The van der Waals surface area contributed by atoms with Crippen molar-refractivity contribution < 1.29 is 17.9 Å². The summed E-state index contributed by atoms with van der Waals surface area (Å²) in [5, 5.41) is 0.605. The maximum absolute atomic E-state index is 12.5. The second-order valence-corrected chi connectivity index (χ2v) is 9.04. The highest BCUT2D eigenvalue weighted by Crippen LogP contribution is 2.29. The molecule has 5 nitrogen and oxygen atoms in total. The van der Waals surface area contributed by atoms with Crippen molar-refractivity contribution in [3.05, 3.63) is 52.3 Å². The van der Waals surface area contributed by atoms with Crippen LogP contribution >= 0.6 is 11.6 Å². The van der Waals surface area contributed by atoms with Crippen LogP contribution in [-0.4, -0.2) is 36.9 Å². The van der Waals surface area contributed by atoms with Gasteiger partial charge in [-0.3, -0.25) is 4.79 Å². The number of halogens is 1. The lowest BCUT2D eigenvalue weighted by molar-refractivity contribution is 0.0920. The Morgan fingerprint density at radius 3 is 2.56 bits per heavy atom. The Bertz CT molecular complexity index is 900. The van der Waals surface area contributed by atoms with Crippen LogP contribution in [0.15, 0.2) is 30.3 Å². The monoisotopic (exact) mass is 381 g/mol. The predicted molar refractivity (Wildman–Crippen MR) is 97.5 cm³/mol. The molecule has 25 heavy (non-hydrogen) atoms. The van der Waals surface area contributed by atoms with Crippen molar-refractivity contribution >= 4 is 27.2 Å². The Labute approximate surface area is 152 Å². The summed E-state index contributed by atoms with van der Waals surface area (Å²) in [6.45, 7) is 3.68. The molecular weight excluding hydrogens is 362 g/mol. The molecule has 2 heterocycles. The van der Waals surface area contributed by atoms with E-state index in [-0.39, 0.29) is 29.9 Å². The number of hydrogen-bond donors (Lipinski definition) is 0. The van der Waals surface area contributed by atoms with Crippen LogP contribution in [0.2, 0.25) is 5.02 Å². The number of aromatic nitrogens is 1. The summed E-state index contributed by atoms with van der Waals surface area (Å²) in [5.74, 6) is 0.791. The molecule has 0 amide bonds. The molecule has 1 aliphatic rings. The fourth-order valence-corrected chi connectivity index (χ4v) is 5.18. The van der Waals surface area contributed by atoms with Gasteiger partial charge in [0.1, 0.15) is 5.75 Å². The van der Waals surface area contributed by atoms with E-state index >= 15 is 0 Å². The number of Topliss-reactive ketones (excluding diaryl/α,β-unsaturated/α-hetero) is 1. The molecule has 2 aromatic rings. The molecule has 0 radical (unpaired) electrons. The first kappa shape index (κ1) is 18.0. The van der Waals surface area contributed by atoms with Crippen LogP contribution in [0.3, 0.4) is 0 Å². The number of ketones is 1. The maximum Gasteiger partial charge on any atom is 0.202 e. The largest absolute Gasteiger partial charge is 0.485 e. The van der Waals surface area contributed by atoms with Crippen LogP contribution in [0, 0.1) is 13.8 Å². The summed E-state index contributed by atoms with van der Waals surface area (Å²) in [7, 11) is -2.98. The normalized spacial score (nSPS) is 19.1. The molecule has 0 bridgehead atoms. The van der Waals surface area contributed by atoms with Gasteiger partial charge in [0.15, 0.2) is 16.4 Å². The van der Waals surface area contributed by atoms with Gasteiger partial charge in [0.05, 0.1) is 11.5 Å². The van der Waals surface area contributed by atoms with Crippen molar-refractivity contribution in [1.29, 1.82) is 0 Å². The molecule has 0 spiro atoms. The molecule has 1 aromatic heterocycles. The average Bonchev–Trinajstić information content (AvgIpc) is 3.05. The third-order valence-corrected chi connectivity index (χ3v) is 6.54. The smallest absolute Gasteiger partial charge is 0.202 e. The fourth-order valence-electron chi connectivity index (χ4n) is 3.36. The van der Waals surface area contributed by atoms with Crippen molar-refractivity contribution in [2.24, 2.45) is 0 Å². The number of benzene rings is 1. The molecule has 0 aliphatic carbocycles. The first-order valence-corrected chi connectivity index (χ1v) is 10.3. The topological polar surface area (TPSA) is 65.4 Å². The van der Waals surface area contributed by atoms with Crippen LogP contribution in [0.5, 0.6) is 5.75 Å². The molecule has 134 valence electrons. The van der Waals surface area contributed by atoms with Crippen molar-refractivity contribution in [3.8, 4) is 5.75 Å². The van der Waals surface area contributed by atoms with Crippen LogP contribution in [0.25, 0.3) is 0 Å². The third-order valence-electron chi connectivity index (χ3n) is 4.54. The van der Waals surface area contributed by atoms with E-state index in [1.54, 1.807) is 24.3 Å². The van der Waals surface area contributed by atoms with E-state index < -0.39 is 9.84 Å². The molecule has 1 saturated heterocycles. The quantitative estimate of drug-likeness (QED) is 0.745. The summed E-state index contributed by atoms with van der Waals surface area (Å²) >= 11 is 5.83. The summed E-state index contributed by atoms with van der Waals surface area (Å²) in [6.07, 6.45) is 0.591. The Morgan fingerprint density at radius 1 is 1.28 bits per heavy atom. The third kappa shape index (κ3) is 3.90. The minimum atomic E-state index is -2.98. The molecule has 1 atom stereocenters. The number of rotatable bonds is 5. The average molecular weight is 382 g/mol. The maximum atomic E-state index is 12.5. The molecule has 3 rings (SSSR count). The Hall–Kier alpha value is -1.79. The molecule has 0 unspecified atom stereocenters. The van der Waals surface area contributed by atoms with E-state index in [1.807, 2.05) is 24.5 Å². The van der Waals surface area contributed by atoms with Crippen molar-refractivity contribution in [3.63, 3.8) is 0 Å². The lowest BCUT2D eigenvalue weighted by Gasteiger charge is -2.16. The van der Waals surface area contributed by atoms with Gasteiger partial charge in [-0.15, -0.1) is 0 Å². The molecule has 1 fully saturated rings. The number of hydrogen-bond acceptors (Lipinski definition) is 4. The zero-order chi connectivity index (χ0) is 18.2. The number of nitrogens with zero attached hydrogens (tertiary/aromatic N) is 1. The highest BCUT2D eigenvalue weighted by molar-refractivity contribution is 7.91. The van der Waals surface area contributed by atoms with Gasteiger partial charge in [-0.1, -0.05) is 11.6 Å². The van der Waals surface area contributed by atoms with E-state index in [4.69, 9.17) is 16.3 Å². The second kappa shape index (κ2) is 6.84. The Morgan fingerprint density at radius 2 is 1.96 bits per heavy atom. The van der Waals surface area contributed by atoms with Gasteiger partial charge < -0.3 is 9.30 Å². The fraction of sp³-hybridized carbons (Fsp3) is 0.389. The van der Waals surface area contributed by atoms with E-state index in [1.165, 1.54) is 0 Å². The minimum Gasteiger partial charge on any atom is -0.485 e. The number of aryl methyl sites for hydroxylation is 1. The summed E-state index contributed by atoms with van der Waals surface area (Å²) in [6, 6.07) is 8.55. The SMILES string of the molecule is Cc1cc(C(=O)COc2ccc(Cl)cc2)c(C)n1[C@H]1CCS(=O)(=O)C1. The number of sulfone groups is 1. The molecule has 1 aliphatic heterocycles. The number of carbonyl (C=O) groups is 1. The van der Waals surface area contributed by atoms with Gasteiger partial charge in [0, 0.05) is 28.0 Å². The van der Waals surface area contributed by atoms with Crippen LogP contribution in [0.1, 0.15) is 34.2 Å². The van der Waals surface area contributed by atoms with E-state index in [9.17, 15) is 13.2 Å². The zero-order valence-corrected chi connectivity index (χ0v) is 15.7. The summed E-state index contributed by atoms with van der Waals surface area (Å²) in [5.41, 5.74) is 2.27. The van der Waals surface area contributed by atoms with E-state index in [0.717, 1.165) is 11.4 Å². The van der Waals surface area contributed by atoms with Crippen LogP contribution in [-0.2, 0) is 9.84 Å². The van der Waals surface area contributed by atoms with Gasteiger partial charge in [-0.05, 0) is 50.6 Å². The van der Waals surface area contributed by atoms with Gasteiger partial charge >= 0.3 is 0 Å². The zero-order valence-electron chi connectivity index (χ0n) is 14.2. The highest BCUT2D eigenvalue weighted by Gasteiger charge is 2.31. The predicted octanol–water partition coefficient (Wildman–Crippen LogP) is 3.38. The molecular formula is C18H20ClNO4S. The van der Waals surface area contributed by atoms with Crippen LogP contribution < -0.4 is 4.74 Å². The van der Waals surface area contributed by atoms with Crippen molar-refractivity contribution in [2.75, 3.05) is 18.1 Å². The van der Waals surface area contributed by atoms with Gasteiger partial charge in [-0.25, -0.2) is 8.42 Å². The molecule has 1 aromatic carbocycles. The minimum absolute atomic E-state index is 0.0745. The Balaban J connectivity index is 1.75. The van der Waals surface area contributed by atoms with E-state index in [0.29, 0.717) is 22.8 Å². The summed E-state index contributed by atoms with van der Waals surface area (Å²) in [4.78, 5) is 12.5. The van der Waals surface area contributed by atoms with Crippen molar-refractivity contribution in [1.82, 2.24) is 4.57 Å². The highest BCUT2D eigenvalue weighted by atomic mass is 35.5. The van der Waals surface area contributed by atoms with Gasteiger partial charge in [0.2, 0.25) is 5.78 Å². The standard InChI is InChI=1S/C18H20ClNO4S/c1-12-9-17(13(2)20(12)15-7-8-25(22,23)11-15)18(21)10-24-16-5-3-14(19)4-6-16/h3-6,9,15H,7-8,10-11H2,1-2H3/t15-/m0/s1. The van der Waals surface area contributed by atoms with Crippen molar-refractivity contribution in [2.45, 2.75) is 26.3 Å². The molecule has 7 heteroatoms. The lowest BCUT2D eigenvalue weighted by Crippen LogP contribution is -2.16. The number of carbonyl (C=O) groups excluding carboxylic acids is 1. The Kier molecular flexibility index (Phi) is 4.93. The van der Waals surface area contributed by atoms with Crippen LogP contribution in [0.4, 0.5) is 0 Å². The second-order valence-electron chi connectivity index (χ2n) is 6.38. The first-order chi connectivity index (χ1) is 11.8. The molecule has 0 saturated carbocycles. The van der Waals surface area contributed by atoms with Gasteiger partial charge in [-0.2, -0.15) is 0 Å². The number of ether oxygens (including phenoxy) is 1. The lowest BCUT2D eigenvalue weighted by atomic mass is 10.1. The first-order valence-electron chi connectivity index (χ1n) is 8.07. The van der Waals surface area contributed by atoms with Gasteiger partial charge in [0.25, 0.3) is 0 Å². The van der Waals surface area contributed by atoms with E-state index in [2.05, 4.69) is 0 Å². The molecule has 0 N–H and O–H groups in total.